The van der Waals surface area contributed by atoms with Gasteiger partial charge in [-0.05, 0) is 36.5 Å². The van der Waals surface area contributed by atoms with E-state index in [0.29, 0.717) is 30.9 Å². The monoisotopic (exact) mass is 563 g/mol. The van der Waals surface area contributed by atoms with Crippen LogP contribution in [0.1, 0.15) is 11.5 Å². The Balaban J connectivity index is 1.46. The first kappa shape index (κ1) is 25.2. The highest BCUT2D eigenvalue weighted by Gasteiger charge is 2.30. The third-order valence-electron chi connectivity index (χ3n) is 5.33. The maximum atomic E-state index is 13.1. The van der Waals surface area contributed by atoms with Gasteiger partial charge in [-0.15, -0.1) is 0 Å². The Labute approximate surface area is 220 Å². The zero-order valence-electron chi connectivity index (χ0n) is 19.1. The summed E-state index contributed by atoms with van der Waals surface area (Å²) in [5.41, 5.74) is 0.219. The van der Waals surface area contributed by atoms with Gasteiger partial charge >= 0.3 is 6.18 Å². The predicted molar refractivity (Wildman–Crippen MR) is 136 cm³/mol. The van der Waals surface area contributed by atoms with Crippen molar-refractivity contribution in [2.45, 2.75) is 17.1 Å². The summed E-state index contributed by atoms with van der Waals surface area (Å²) in [5, 5.41) is 4.18. The van der Waals surface area contributed by atoms with E-state index in [9.17, 15) is 18.0 Å². The maximum absolute atomic E-state index is 13.1. The van der Waals surface area contributed by atoms with Crippen LogP contribution in [-0.4, -0.2) is 31.4 Å². The van der Waals surface area contributed by atoms with Gasteiger partial charge in [0.05, 0.1) is 24.1 Å². The van der Waals surface area contributed by atoms with E-state index in [4.69, 9.17) is 21.5 Å². The first-order valence-electron chi connectivity index (χ1n) is 10.6. The van der Waals surface area contributed by atoms with Crippen LogP contribution in [0.2, 0.25) is 0 Å². The molecule has 0 aliphatic rings. The summed E-state index contributed by atoms with van der Waals surface area (Å²) in [6.45, 7) is 0. The van der Waals surface area contributed by atoms with Crippen LogP contribution >= 0.6 is 35.3 Å². The van der Waals surface area contributed by atoms with Gasteiger partial charge in [0.25, 0.3) is 5.56 Å². The molecular weight excluding hydrogens is 547 g/mol. The van der Waals surface area contributed by atoms with E-state index >= 15 is 0 Å². The molecule has 0 unspecified atom stereocenters. The Hall–Kier alpha value is -3.49. The number of hydrogen-bond acceptors (Lipinski definition) is 9. The van der Waals surface area contributed by atoms with Gasteiger partial charge in [0.1, 0.15) is 10.4 Å². The van der Waals surface area contributed by atoms with Gasteiger partial charge in [0, 0.05) is 18.7 Å². The van der Waals surface area contributed by atoms with Gasteiger partial charge < -0.3 is 9.26 Å². The van der Waals surface area contributed by atoms with Crippen LogP contribution in [0.3, 0.4) is 0 Å². The number of rotatable bonds is 6. The van der Waals surface area contributed by atoms with Crippen LogP contribution in [0.5, 0.6) is 5.75 Å². The van der Waals surface area contributed by atoms with Crippen LogP contribution in [0, 0.1) is 3.95 Å². The second-order valence-corrected chi connectivity index (χ2v) is 10.3. The molecule has 0 saturated heterocycles. The third-order valence-corrected chi connectivity index (χ3v) is 7.69. The molecule has 37 heavy (non-hydrogen) atoms. The molecule has 0 saturated carbocycles. The number of methoxy groups -OCH3 is 1. The molecule has 3 heterocycles. The summed E-state index contributed by atoms with van der Waals surface area (Å²) in [6, 6.07) is 11.9. The van der Waals surface area contributed by atoms with Crippen LogP contribution < -0.4 is 10.3 Å². The normalized spacial score (nSPS) is 11.8. The SMILES string of the molecule is COc1cccc(-n2c(=S)sc3c(=O)n(C)c(SCc4nc(-c5cccc(C(F)(F)F)c5)no4)nc32)c1. The van der Waals surface area contributed by atoms with Crippen LogP contribution in [0.15, 0.2) is 63.0 Å². The molecule has 5 aromatic rings. The van der Waals surface area contributed by atoms with Gasteiger partial charge in [0.15, 0.2) is 14.8 Å². The zero-order valence-corrected chi connectivity index (χ0v) is 21.6. The smallest absolute Gasteiger partial charge is 0.416 e. The molecule has 14 heteroatoms. The van der Waals surface area contributed by atoms with Crippen molar-refractivity contribution in [1.82, 2.24) is 24.3 Å². The van der Waals surface area contributed by atoms with Crippen molar-refractivity contribution in [2.24, 2.45) is 7.05 Å². The Morgan fingerprint density at radius 3 is 2.70 bits per heavy atom. The molecule has 0 amide bonds. The molecule has 0 bridgehead atoms. The average Bonchev–Trinajstić information content (AvgIpc) is 3.49. The number of thioether (sulfide) groups is 1. The number of benzene rings is 2. The quantitative estimate of drug-likeness (QED) is 0.144. The van der Waals surface area contributed by atoms with Gasteiger partial charge in [0.2, 0.25) is 11.7 Å². The molecule has 190 valence electrons. The van der Waals surface area contributed by atoms with Crippen molar-refractivity contribution in [3.63, 3.8) is 0 Å². The summed E-state index contributed by atoms with van der Waals surface area (Å²) < 4.78 is 53.6. The highest BCUT2D eigenvalue weighted by atomic mass is 32.2. The van der Waals surface area contributed by atoms with E-state index < -0.39 is 11.7 Å². The summed E-state index contributed by atoms with van der Waals surface area (Å²) in [4.78, 5) is 22.0. The molecule has 0 aliphatic heterocycles. The third kappa shape index (κ3) is 4.91. The van der Waals surface area contributed by atoms with Gasteiger partial charge in [-0.25, -0.2) is 4.98 Å². The van der Waals surface area contributed by atoms with E-state index in [1.165, 1.54) is 39.8 Å². The van der Waals surface area contributed by atoms with E-state index in [-0.39, 0.29) is 28.6 Å². The molecule has 3 aromatic heterocycles. The lowest BCUT2D eigenvalue weighted by molar-refractivity contribution is -0.137. The van der Waals surface area contributed by atoms with Crippen molar-refractivity contribution >= 4 is 45.7 Å². The lowest BCUT2D eigenvalue weighted by Gasteiger charge is -2.09. The lowest BCUT2D eigenvalue weighted by Crippen LogP contribution is -2.19. The topological polar surface area (TPSA) is 88.0 Å². The first-order valence-corrected chi connectivity index (χ1v) is 12.8. The second kappa shape index (κ2) is 9.76. The summed E-state index contributed by atoms with van der Waals surface area (Å²) in [6.07, 6.45) is -4.48. The van der Waals surface area contributed by atoms with Crippen molar-refractivity contribution in [3.8, 4) is 22.8 Å². The Morgan fingerprint density at radius 1 is 1.16 bits per heavy atom. The van der Waals surface area contributed by atoms with E-state index in [0.717, 1.165) is 12.1 Å². The fraction of sp³-hybridized carbons (Fsp3) is 0.174. The molecule has 0 aliphatic carbocycles. The number of nitrogens with zero attached hydrogens (tertiary/aromatic N) is 5. The number of alkyl halides is 3. The first-order chi connectivity index (χ1) is 17.7. The molecule has 0 atom stereocenters. The molecule has 2 aromatic carbocycles. The van der Waals surface area contributed by atoms with E-state index in [1.54, 1.807) is 30.9 Å². The Bertz CT molecular complexity index is 1740. The largest absolute Gasteiger partial charge is 0.497 e. The molecule has 0 radical (unpaired) electrons. The maximum Gasteiger partial charge on any atom is 0.416 e. The molecule has 0 N–H and O–H groups in total. The van der Waals surface area contributed by atoms with Crippen molar-refractivity contribution in [3.05, 3.63) is 74.3 Å². The van der Waals surface area contributed by atoms with Gasteiger partial charge in [-0.2, -0.15) is 18.2 Å². The Morgan fingerprint density at radius 2 is 1.95 bits per heavy atom. The summed E-state index contributed by atoms with van der Waals surface area (Å²) >= 11 is 7.86. The van der Waals surface area contributed by atoms with Gasteiger partial charge in [-0.1, -0.05) is 46.5 Å². The fourth-order valence-electron chi connectivity index (χ4n) is 3.51. The second-order valence-electron chi connectivity index (χ2n) is 7.70. The number of ether oxygens (including phenoxy) is 1. The standard InChI is InChI=1S/C23H16F3N5O3S3/c1-30-20(32)17-19(31(22(35)37-17)14-7-4-8-15(10-14)33-2)28-21(30)36-11-16-27-18(29-34-16)12-5-3-6-13(9-12)23(24,25)26/h3-10H,11H2,1-2H3. The molecule has 5 rings (SSSR count). The molecule has 0 spiro atoms. The van der Waals surface area contributed by atoms with E-state index in [1.807, 2.05) is 12.1 Å². The number of aromatic nitrogens is 5. The van der Waals surface area contributed by atoms with Crippen molar-refractivity contribution < 1.29 is 22.4 Å². The van der Waals surface area contributed by atoms with Gasteiger partial charge in [-0.3, -0.25) is 13.9 Å². The Kier molecular flexibility index (Phi) is 6.64. The van der Waals surface area contributed by atoms with Crippen LogP contribution in [0.25, 0.3) is 27.4 Å². The summed E-state index contributed by atoms with van der Waals surface area (Å²) in [7, 11) is 3.15. The number of halogens is 3. The molecule has 8 nitrogen and oxygen atoms in total. The number of fused-ring (bicyclic) bond motifs is 1. The highest BCUT2D eigenvalue weighted by Crippen LogP contribution is 2.32. The lowest BCUT2D eigenvalue weighted by atomic mass is 10.1. The molecule has 0 fully saturated rings. The molecular formula is C23H16F3N5O3S3. The summed E-state index contributed by atoms with van der Waals surface area (Å²) in [5.74, 6) is 0.970. The predicted octanol–water partition coefficient (Wildman–Crippen LogP) is 5.88. The van der Waals surface area contributed by atoms with Crippen LogP contribution in [0.4, 0.5) is 13.2 Å². The fourth-order valence-corrected chi connectivity index (χ4v) is 5.66. The van der Waals surface area contributed by atoms with Crippen molar-refractivity contribution in [1.29, 1.82) is 0 Å². The number of thiazole rings is 1. The average molecular weight is 564 g/mol. The van der Waals surface area contributed by atoms with Crippen LogP contribution in [-0.2, 0) is 19.0 Å². The highest BCUT2D eigenvalue weighted by molar-refractivity contribution is 7.98. The minimum atomic E-state index is -4.48. The number of hydrogen-bond donors (Lipinski definition) is 0. The van der Waals surface area contributed by atoms with Crippen molar-refractivity contribution in [2.75, 3.05) is 7.11 Å². The minimum absolute atomic E-state index is 0.0310. The zero-order chi connectivity index (χ0) is 26.3. The van der Waals surface area contributed by atoms with E-state index in [2.05, 4.69) is 15.1 Å². The minimum Gasteiger partial charge on any atom is -0.497 e.